The zero-order valence-corrected chi connectivity index (χ0v) is 14.4. The van der Waals surface area contributed by atoms with Gasteiger partial charge in [-0.25, -0.2) is 0 Å². The first-order valence-corrected chi connectivity index (χ1v) is 8.93. The maximum atomic E-state index is 13.2. The van der Waals surface area contributed by atoms with E-state index in [0.717, 1.165) is 11.8 Å². The van der Waals surface area contributed by atoms with Crippen LogP contribution < -0.4 is 0 Å². The lowest BCUT2D eigenvalue weighted by Crippen LogP contribution is -2.14. The quantitative estimate of drug-likeness (QED) is 0.496. The highest BCUT2D eigenvalue weighted by atomic mass is 35.5. The molecule has 0 bridgehead atoms. The molecule has 4 nitrogen and oxygen atoms in total. The van der Waals surface area contributed by atoms with Gasteiger partial charge in [-0.1, -0.05) is 23.7 Å². The van der Waals surface area contributed by atoms with E-state index in [1.54, 1.807) is 52.0 Å². The van der Waals surface area contributed by atoms with E-state index in [9.17, 15) is 9.36 Å². The predicted octanol–water partition coefficient (Wildman–Crippen LogP) is 5.01. The SMILES string of the molecule is CC(C)OP(=O)(OC(C)C)[C@@H](CC=O)c1ccc(Cl)cc1. The molecular weight excluding hydrogens is 311 g/mol. The number of carbonyl (C=O) groups is 1. The van der Waals surface area contributed by atoms with E-state index < -0.39 is 13.3 Å². The third kappa shape index (κ3) is 5.55. The molecule has 0 aromatic heterocycles. The van der Waals surface area contributed by atoms with Crippen molar-refractivity contribution in [3.8, 4) is 0 Å². The van der Waals surface area contributed by atoms with Crippen LogP contribution in [0.15, 0.2) is 24.3 Å². The number of halogens is 1. The Morgan fingerprint density at radius 1 is 1.10 bits per heavy atom. The summed E-state index contributed by atoms with van der Waals surface area (Å²) >= 11 is 5.88. The van der Waals surface area contributed by atoms with E-state index in [1.165, 1.54) is 0 Å². The van der Waals surface area contributed by atoms with Crippen LogP contribution in [0.2, 0.25) is 5.02 Å². The van der Waals surface area contributed by atoms with E-state index in [2.05, 4.69) is 0 Å². The molecule has 0 fully saturated rings. The van der Waals surface area contributed by atoms with Crippen molar-refractivity contribution in [2.24, 2.45) is 0 Å². The van der Waals surface area contributed by atoms with Gasteiger partial charge in [0.2, 0.25) is 0 Å². The zero-order valence-electron chi connectivity index (χ0n) is 12.8. The highest BCUT2D eigenvalue weighted by molar-refractivity contribution is 7.54. The van der Waals surface area contributed by atoms with Crippen molar-refractivity contribution in [3.63, 3.8) is 0 Å². The Labute approximate surface area is 131 Å². The first-order chi connectivity index (χ1) is 9.78. The molecule has 6 heteroatoms. The lowest BCUT2D eigenvalue weighted by Gasteiger charge is -2.29. The summed E-state index contributed by atoms with van der Waals surface area (Å²) in [6.07, 6.45) is 0.268. The Morgan fingerprint density at radius 2 is 1.57 bits per heavy atom. The molecule has 0 N–H and O–H groups in total. The van der Waals surface area contributed by atoms with Crippen LogP contribution >= 0.6 is 19.2 Å². The fraction of sp³-hybridized carbons (Fsp3) is 0.533. The standard InChI is InChI=1S/C15H22ClO4P/c1-11(2)19-21(18,20-12(3)4)15(9-10-17)13-5-7-14(16)8-6-13/h5-8,10-12,15H,9H2,1-4H3/t15-/m0/s1. The van der Waals surface area contributed by atoms with Gasteiger partial charge in [-0.05, 0) is 45.4 Å². The van der Waals surface area contributed by atoms with Crippen LogP contribution in [0.25, 0.3) is 0 Å². The predicted molar refractivity (Wildman–Crippen MR) is 84.9 cm³/mol. The third-order valence-electron chi connectivity index (χ3n) is 2.67. The molecule has 0 aliphatic heterocycles. The monoisotopic (exact) mass is 332 g/mol. The minimum Gasteiger partial charge on any atom is -0.305 e. The lowest BCUT2D eigenvalue weighted by molar-refractivity contribution is -0.108. The molecule has 0 aliphatic rings. The fourth-order valence-electron chi connectivity index (χ4n) is 1.98. The van der Waals surface area contributed by atoms with Crippen molar-refractivity contribution in [2.75, 3.05) is 0 Å². The number of carbonyl (C=O) groups excluding carboxylic acids is 1. The molecule has 21 heavy (non-hydrogen) atoms. The van der Waals surface area contributed by atoms with Crippen LogP contribution in [-0.4, -0.2) is 18.5 Å². The molecule has 1 aromatic carbocycles. The van der Waals surface area contributed by atoms with Gasteiger partial charge in [-0.3, -0.25) is 4.57 Å². The molecule has 1 atom stereocenters. The third-order valence-corrected chi connectivity index (χ3v) is 5.63. The molecule has 1 rings (SSSR count). The van der Waals surface area contributed by atoms with Crippen LogP contribution in [0.4, 0.5) is 0 Å². The molecule has 118 valence electrons. The summed E-state index contributed by atoms with van der Waals surface area (Å²) < 4.78 is 24.4. The van der Waals surface area contributed by atoms with Gasteiger partial charge < -0.3 is 13.8 Å². The smallest absolute Gasteiger partial charge is 0.305 e. The van der Waals surface area contributed by atoms with Crippen molar-refractivity contribution in [3.05, 3.63) is 34.9 Å². The lowest BCUT2D eigenvalue weighted by atomic mass is 10.1. The highest BCUT2D eigenvalue weighted by Gasteiger charge is 2.38. The van der Waals surface area contributed by atoms with Gasteiger partial charge in [0.05, 0.1) is 17.9 Å². The number of hydrogen-bond acceptors (Lipinski definition) is 4. The van der Waals surface area contributed by atoms with Gasteiger partial charge >= 0.3 is 7.60 Å². The molecule has 0 unspecified atom stereocenters. The Kier molecular flexibility index (Phi) is 7.08. The summed E-state index contributed by atoms with van der Waals surface area (Å²) in [5.74, 6) is 0. The minimum absolute atomic E-state index is 0.0678. The molecule has 0 spiro atoms. The average Bonchev–Trinajstić information content (AvgIpc) is 2.35. The fourth-order valence-corrected chi connectivity index (χ4v) is 4.51. The zero-order chi connectivity index (χ0) is 16.0. The summed E-state index contributed by atoms with van der Waals surface area (Å²) in [5.41, 5.74) is 0.0909. The molecule has 0 amide bonds. The normalized spacial score (nSPS) is 13.7. The Balaban J connectivity index is 3.21. The summed E-state index contributed by atoms with van der Waals surface area (Å²) in [7, 11) is -3.47. The maximum Gasteiger partial charge on any atom is 0.339 e. The van der Waals surface area contributed by atoms with E-state index in [4.69, 9.17) is 20.6 Å². The molecular formula is C15H22ClO4P. The van der Waals surface area contributed by atoms with Crippen LogP contribution in [0.5, 0.6) is 0 Å². The molecule has 0 radical (unpaired) electrons. The second-order valence-corrected chi connectivity index (χ2v) is 7.88. The van der Waals surface area contributed by atoms with Gasteiger partial charge in [-0.2, -0.15) is 0 Å². The molecule has 0 saturated heterocycles. The van der Waals surface area contributed by atoms with E-state index in [0.29, 0.717) is 5.02 Å². The number of aldehydes is 1. The van der Waals surface area contributed by atoms with Gasteiger partial charge in [0.15, 0.2) is 0 Å². The van der Waals surface area contributed by atoms with Crippen molar-refractivity contribution < 1.29 is 18.4 Å². The summed E-state index contributed by atoms with van der Waals surface area (Å²) in [6, 6.07) is 6.89. The van der Waals surface area contributed by atoms with E-state index >= 15 is 0 Å². The summed E-state index contributed by atoms with van der Waals surface area (Å²) in [6.45, 7) is 7.15. The Morgan fingerprint density at radius 3 is 1.95 bits per heavy atom. The first kappa shape index (κ1) is 18.4. The van der Waals surface area contributed by atoms with Gasteiger partial charge in [0.1, 0.15) is 6.29 Å². The average molecular weight is 333 g/mol. The second-order valence-electron chi connectivity index (χ2n) is 5.32. The number of rotatable bonds is 8. The second kappa shape index (κ2) is 8.09. The van der Waals surface area contributed by atoms with Gasteiger partial charge in [0.25, 0.3) is 0 Å². The Bertz CT molecular complexity index is 485. The molecule has 0 aliphatic carbocycles. The topological polar surface area (TPSA) is 52.6 Å². The van der Waals surface area contributed by atoms with Crippen molar-refractivity contribution in [2.45, 2.75) is 52.0 Å². The largest absolute Gasteiger partial charge is 0.339 e. The Hall–Kier alpha value is -0.670. The molecule has 1 aromatic rings. The van der Waals surface area contributed by atoms with Crippen molar-refractivity contribution in [1.82, 2.24) is 0 Å². The molecule has 0 saturated carbocycles. The van der Waals surface area contributed by atoms with Gasteiger partial charge in [0, 0.05) is 11.4 Å². The van der Waals surface area contributed by atoms with Gasteiger partial charge in [-0.15, -0.1) is 0 Å². The van der Waals surface area contributed by atoms with E-state index in [-0.39, 0.29) is 18.6 Å². The number of hydrogen-bond donors (Lipinski definition) is 0. The van der Waals surface area contributed by atoms with Crippen LogP contribution in [0.1, 0.15) is 45.3 Å². The van der Waals surface area contributed by atoms with Crippen molar-refractivity contribution >= 4 is 25.5 Å². The van der Waals surface area contributed by atoms with Crippen LogP contribution in [-0.2, 0) is 18.4 Å². The summed E-state index contributed by atoms with van der Waals surface area (Å²) in [4.78, 5) is 11.0. The van der Waals surface area contributed by atoms with Crippen molar-refractivity contribution in [1.29, 1.82) is 0 Å². The van der Waals surface area contributed by atoms with E-state index in [1.807, 2.05) is 0 Å². The summed E-state index contributed by atoms with van der Waals surface area (Å²) in [5, 5.41) is 0.577. The first-order valence-electron chi connectivity index (χ1n) is 6.94. The maximum absolute atomic E-state index is 13.2. The highest BCUT2D eigenvalue weighted by Crippen LogP contribution is 2.63. The van der Waals surface area contributed by atoms with Crippen LogP contribution in [0, 0.1) is 0 Å². The van der Waals surface area contributed by atoms with Crippen LogP contribution in [0.3, 0.4) is 0 Å². The minimum atomic E-state index is -3.47. The molecule has 0 heterocycles. The number of benzene rings is 1.